The van der Waals surface area contributed by atoms with E-state index >= 15 is 0 Å². The second kappa shape index (κ2) is 5.55. The molecule has 4 rings (SSSR count). The predicted octanol–water partition coefficient (Wildman–Crippen LogP) is 3.68. The van der Waals surface area contributed by atoms with Crippen molar-refractivity contribution in [2.24, 2.45) is 0 Å². The van der Waals surface area contributed by atoms with Crippen LogP contribution in [0.1, 0.15) is 0 Å². The van der Waals surface area contributed by atoms with Crippen LogP contribution in [0.15, 0.2) is 53.7 Å². The first-order valence-corrected chi connectivity index (χ1v) is 8.36. The first-order valence-electron chi connectivity index (χ1n) is 7.14. The molecule has 0 aliphatic carbocycles. The molecule has 23 heavy (non-hydrogen) atoms. The normalized spacial score (nSPS) is 11.2. The number of ether oxygens (including phenoxy) is 1. The Hall–Kier alpha value is -2.60. The minimum absolute atomic E-state index is 0.682. The van der Waals surface area contributed by atoms with Gasteiger partial charge in [-0.1, -0.05) is 23.9 Å². The maximum Gasteiger partial charge on any atom is 0.191 e. The summed E-state index contributed by atoms with van der Waals surface area (Å²) in [7, 11) is 1.65. The predicted molar refractivity (Wildman–Crippen MR) is 92.1 cm³/mol. The number of hydrogen-bond donors (Lipinski definition) is 0. The van der Waals surface area contributed by atoms with E-state index in [0.29, 0.717) is 5.82 Å². The van der Waals surface area contributed by atoms with Crippen LogP contribution in [0.5, 0.6) is 5.75 Å². The lowest BCUT2D eigenvalue weighted by Crippen LogP contribution is -1.97. The number of thioether (sulfide) groups is 1. The molecule has 114 valence electrons. The summed E-state index contributed by atoms with van der Waals surface area (Å²) in [6, 6.07) is 15.7. The lowest BCUT2D eigenvalue weighted by Gasteiger charge is -2.02. The van der Waals surface area contributed by atoms with E-state index in [9.17, 15) is 0 Å². The molecular weight excluding hydrogens is 308 g/mol. The minimum atomic E-state index is 0.682. The summed E-state index contributed by atoms with van der Waals surface area (Å²) in [6.07, 6.45) is 1.99. The molecule has 0 bridgehead atoms. The average Bonchev–Trinajstić information content (AvgIpc) is 3.06. The molecule has 0 aliphatic rings. The van der Waals surface area contributed by atoms with Gasteiger partial charge in [-0.3, -0.25) is 0 Å². The first kappa shape index (κ1) is 14.0. The van der Waals surface area contributed by atoms with Crippen LogP contribution in [0.3, 0.4) is 0 Å². The minimum Gasteiger partial charge on any atom is -0.497 e. The van der Waals surface area contributed by atoms with Gasteiger partial charge < -0.3 is 4.74 Å². The van der Waals surface area contributed by atoms with Crippen LogP contribution in [-0.2, 0) is 0 Å². The Morgan fingerprint density at radius 1 is 1.00 bits per heavy atom. The van der Waals surface area contributed by atoms with E-state index < -0.39 is 0 Å². The van der Waals surface area contributed by atoms with Gasteiger partial charge in [0.15, 0.2) is 16.6 Å². The van der Waals surface area contributed by atoms with Crippen molar-refractivity contribution in [1.82, 2.24) is 19.6 Å². The fraction of sp³-hybridized carbons (Fsp3) is 0.118. The van der Waals surface area contributed by atoms with Crippen molar-refractivity contribution in [2.75, 3.05) is 13.4 Å². The van der Waals surface area contributed by atoms with Gasteiger partial charge in [0.1, 0.15) is 5.75 Å². The van der Waals surface area contributed by atoms with Gasteiger partial charge in [0, 0.05) is 10.9 Å². The number of hydrogen-bond acceptors (Lipinski definition) is 5. The maximum atomic E-state index is 5.20. The van der Waals surface area contributed by atoms with Crippen LogP contribution in [-0.4, -0.2) is 32.9 Å². The highest BCUT2D eigenvalue weighted by Crippen LogP contribution is 2.26. The Morgan fingerprint density at radius 2 is 1.78 bits per heavy atom. The zero-order valence-electron chi connectivity index (χ0n) is 12.7. The second-order valence-electron chi connectivity index (χ2n) is 5.01. The van der Waals surface area contributed by atoms with E-state index in [0.717, 1.165) is 33.0 Å². The molecule has 0 amide bonds. The Morgan fingerprint density at radius 3 is 2.52 bits per heavy atom. The van der Waals surface area contributed by atoms with Gasteiger partial charge >= 0.3 is 0 Å². The van der Waals surface area contributed by atoms with Crippen LogP contribution < -0.4 is 4.74 Å². The van der Waals surface area contributed by atoms with Gasteiger partial charge in [-0.05, 0) is 42.7 Å². The number of para-hydroxylation sites is 1. The zero-order valence-corrected chi connectivity index (χ0v) is 13.5. The van der Waals surface area contributed by atoms with Crippen LogP contribution in [0.2, 0.25) is 0 Å². The quantitative estimate of drug-likeness (QED) is 0.425. The standard InChI is InChI=1S/C17H14N4OS/c1-22-12-9-7-11(8-10-12)15-19-16-13-5-3-4-6-14(13)18-17(23-2)21(16)20-15/h3-10H,1-2H3. The number of aromatic nitrogens is 4. The van der Waals surface area contributed by atoms with E-state index in [4.69, 9.17) is 9.72 Å². The van der Waals surface area contributed by atoms with Crippen LogP contribution in [0, 0.1) is 0 Å². The van der Waals surface area contributed by atoms with Gasteiger partial charge in [-0.25, -0.2) is 9.97 Å². The van der Waals surface area contributed by atoms with Gasteiger partial charge in [0.2, 0.25) is 0 Å². The molecule has 0 saturated heterocycles. The molecule has 0 radical (unpaired) electrons. The molecule has 0 unspecified atom stereocenters. The van der Waals surface area contributed by atoms with Gasteiger partial charge in [0.05, 0.1) is 12.6 Å². The van der Waals surface area contributed by atoms with Crippen molar-refractivity contribution in [3.63, 3.8) is 0 Å². The van der Waals surface area contributed by atoms with Gasteiger partial charge in [-0.2, -0.15) is 4.52 Å². The topological polar surface area (TPSA) is 52.3 Å². The molecule has 2 aromatic heterocycles. The van der Waals surface area contributed by atoms with Crippen molar-refractivity contribution in [3.8, 4) is 17.1 Å². The molecule has 6 heteroatoms. The lowest BCUT2D eigenvalue weighted by molar-refractivity contribution is 0.415. The molecule has 0 spiro atoms. The SMILES string of the molecule is COc1ccc(-c2nc3c4ccccc4nc(SC)n3n2)cc1. The Kier molecular flexibility index (Phi) is 3.38. The monoisotopic (exact) mass is 322 g/mol. The lowest BCUT2D eigenvalue weighted by atomic mass is 10.2. The summed E-state index contributed by atoms with van der Waals surface area (Å²) in [6.45, 7) is 0. The fourth-order valence-electron chi connectivity index (χ4n) is 2.52. The molecule has 0 aliphatic heterocycles. The third-order valence-electron chi connectivity index (χ3n) is 3.68. The summed E-state index contributed by atoms with van der Waals surface area (Å²) in [5.41, 5.74) is 2.70. The van der Waals surface area contributed by atoms with E-state index in [2.05, 4.69) is 10.1 Å². The largest absolute Gasteiger partial charge is 0.497 e. The number of benzene rings is 2. The number of methoxy groups -OCH3 is 1. The Balaban J connectivity index is 1.97. The van der Waals surface area contributed by atoms with Crippen LogP contribution >= 0.6 is 11.8 Å². The molecule has 2 aromatic carbocycles. The van der Waals surface area contributed by atoms with Crippen molar-refractivity contribution in [2.45, 2.75) is 5.16 Å². The fourth-order valence-corrected chi connectivity index (χ4v) is 3.01. The Bertz CT molecular complexity index is 995. The maximum absolute atomic E-state index is 5.20. The summed E-state index contributed by atoms with van der Waals surface area (Å²) < 4.78 is 7.01. The third kappa shape index (κ3) is 2.31. The van der Waals surface area contributed by atoms with Crippen molar-refractivity contribution in [3.05, 3.63) is 48.5 Å². The van der Waals surface area contributed by atoms with E-state index in [-0.39, 0.29) is 0 Å². The number of rotatable bonds is 3. The third-order valence-corrected chi connectivity index (χ3v) is 4.31. The molecule has 4 aromatic rings. The van der Waals surface area contributed by atoms with Crippen molar-refractivity contribution >= 4 is 28.3 Å². The molecule has 0 N–H and O–H groups in total. The first-order chi connectivity index (χ1) is 11.3. The van der Waals surface area contributed by atoms with Crippen molar-refractivity contribution < 1.29 is 4.74 Å². The molecule has 0 fully saturated rings. The van der Waals surface area contributed by atoms with Gasteiger partial charge in [0.25, 0.3) is 0 Å². The summed E-state index contributed by atoms with van der Waals surface area (Å²) in [4.78, 5) is 9.39. The summed E-state index contributed by atoms with van der Waals surface area (Å²) in [5, 5.41) is 6.46. The summed E-state index contributed by atoms with van der Waals surface area (Å²) >= 11 is 1.56. The molecule has 0 saturated carbocycles. The van der Waals surface area contributed by atoms with E-state index in [1.807, 2.05) is 59.3 Å². The van der Waals surface area contributed by atoms with E-state index in [1.165, 1.54) is 0 Å². The average molecular weight is 322 g/mol. The number of fused-ring (bicyclic) bond motifs is 3. The molecule has 5 nitrogen and oxygen atoms in total. The molecular formula is C17H14N4OS. The molecule has 2 heterocycles. The van der Waals surface area contributed by atoms with Crippen LogP contribution in [0.4, 0.5) is 0 Å². The molecule has 0 atom stereocenters. The Labute approximate surface area is 137 Å². The second-order valence-corrected chi connectivity index (χ2v) is 5.79. The smallest absolute Gasteiger partial charge is 0.191 e. The summed E-state index contributed by atoms with van der Waals surface area (Å²) in [5.74, 6) is 1.50. The highest BCUT2D eigenvalue weighted by Gasteiger charge is 2.13. The highest BCUT2D eigenvalue weighted by molar-refractivity contribution is 7.98. The highest BCUT2D eigenvalue weighted by atomic mass is 32.2. The number of nitrogens with zero attached hydrogens (tertiary/aromatic N) is 4. The van der Waals surface area contributed by atoms with Crippen molar-refractivity contribution in [1.29, 1.82) is 0 Å². The van der Waals surface area contributed by atoms with Crippen LogP contribution in [0.25, 0.3) is 27.9 Å². The van der Waals surface area contributed by atoms with Gasteiger partial charge in [-0.15, -0.1) is 5.10 Å². The zero-order chi connectivity index (χ0) is 15.8. The van der Waals surface area contributed by atoms with E-state index in [1.54, 1.807) is 18.9 Å².